The average Bonchev–Trinajstić information content (AvgIpc) is 2.81. The van der Waals surface area contributed by atoms with E-state index in [1.807, 2.05) is 6.92 Å². The molecule has 0 fully saturated rings. The zero-order chi connectivity index (χ0) is 13.3. The fourth-order valence-corrected chi connectivity index (χ4v) is 3.26. The molecule has 2 rings (SSSR count). The van der Waals surface area contributed by atoms with Crippen LogP contribution in [-0.4, -0.2) is 17.4 Å². The Kier molecular flexibility index (Phi) is 3.45. The van der Waals surface area contributed by atoms with Crippen molar-refractivity contribution in [2.45, 2.75) is 25.2 Å². The second-order valence-corrected chi connectivity index (χ2v) is 6.13. The summed E-state index contributed by atoms with van der Waals surface area (Å²) in [7, 11) is -3.58. The maximum absolute atomic E-state index is 12.4. The lowest BCUT2D eigenvalue weighted by Crippen LogP contribution is -2.15. The summed E-state index contributed by atoms with van der Waals surface area (Å²) in [5, 5.41) is 0.551. The van der Waals surface area contributed by atoms with E-state index >= 15 is 0 Å². The van der Waals surface area contributed by atoms with Crippen LogP contribution in [0.3, 0.4) is 0 Å². The SMILES string of the molecule is CCc1nccn1S(=O)(=O)c1ccc(Cl)c(C)c1. The Morgan fingerprint density at radius 1 is 1.39 bits per heavy atom. The lowest BCUT2D eigenvalue weighted by Gasteiger charge is -2.09. The van der Waals surface area contributed by atoms with Gasteiger partial charge in [0.15, 0.2) is 0 Å². The third-order valence-electron chi connectivity index (χ3n) is 2.68. The topological polar surface area (TPSA) is 52.0 Å². The van der Waals surface area contributed by atoms with E-state index in [1.54, 1.807) is 19.1 Å². The van der Waals surface area contributed by atoms with Gasteiger partial charge in [-0.25, -0.2) is 17.4 Å². The Bertz CT molecular complexity index is 677. The molecule has 0 unspecified atom stereocenters. The van der Waals surface area contributed by atoms with Crippen molar-refractivity contribution < 1.29 is 8.42 Å². The summed E-state index contributed by atoms with van der Waals surface area (Å²) >= 11 is 5.90. The number of aryl methyl sites for hydroxylation is 2. The highest BCUT2D eigenvalue weighted by molar-refractivity contribution is 7.90. The highest BCUT2D eigenvalue weighted by atomic mass is 35.5. The van der Waals surface area contributed by atoms with Gasteiger partial charge in [-0.1, -0.05) is 18.5 Å². The molecule has 0 aliphatic heterocycles. The van der Waals surface area contributed by atoms with Gasteiger partial charge in [0.05, 0.1) is 4.90 Å². The maximum Gasteiger partial charge on any atom is 0.269 e. The van der Waals surface area contributed by atoms with E-state index in [0.29, 0.717) is 17.3 Å². The van der Waals surface area contributed by atoms with E-state index in [1.165, 1.54) is 22.4 Å². The predicted octanol–water partition coefficient (Wildman–Crippen LogP) is 2.64. The summed E-state index contributed by atoms with van der Waals surface area (Å²) in [4.78, 5) is 4.24. The first-order valence-electron chi connectivity index (χ1n) is 5.50. The van der Waals surface area contributed by atoms with Crippen LogP contribution in [0.15, 0.2) is 35.5 Å². The molecule has 0 saturated heterocycles. The normalized spacial score (nSPS) is 11.7. The average molecular weight is 285 g/mol. The molecule has 0 amide bonds. The number of imidazole rings is 1. The number of rotatable bonds is 3. The second-order valence-electron chi connectivity index (χ2n) is 3.91. The summed E-state index contributed by atoms with van der Waals surface area (Å²) in [6, 6.07) is 4.66. The first-order chi connectivity index (χ1) is 8.46. The van der Waals surface area contributed by atoms with Crippen molar-refractivity contribution in [1.82, 2.24) is 8.96 Å². The molecule has 2 aromatic rings. The third kappa shape index (κ3) is 2.15. The van der Waals surface area contributed by atoms with Gasteiger partial charge < -0.3 is 0 Å². The molecule has 0 saturated carbocycles. The van der Waals surface area contributed by atoms with Gasteiger partial charge in [-0.3, -0.25) is 0 Å². The van der Waals surface area contributed by atoms with E-state index < -0.39 is 10.0 Å². The fourth-order valence-electron chi connectivity index (χ4n) is 1.68. The first-order valence-corrected chi connectivity index (χ1v) is 7.32. The van der Waals surface area contributed by atoms with Crippen LogP contribution in [0.2, 0.25) is 5.02 Å². The molecule has 6 heteroatoms. The van der Waals surface area contributed by atoms with Crippen molar-refractivity contribution in [3.8, 4) is 0 Å². The summed E-state index contributed by atoms with van der Waals surface area (Å²) < 4.78 is 26.0. The lowest BCUT2D eigenvalue weighted by atomic mass is 10.2. The minimum absolute atomic E-state index is 0.220. The van der Waals surface area contributed by atoms with Gasteiger partial charge in [-0.05, 0) is 30.7 Å². The van der Waals surface area contributed by atoms with Crippen LogP contribution in [0.1, 0.15) is 18.3 Å². The molecule has 18 heavy (non-hydrogen) atoms. The number of benzene rings is 1. The second kappa shape index (κ2) is 4.74. The van der Waals surface area contributed by atoms with E-state index in [-0.39, 0.29) is 4.90 Å². The molecule has 1 heterocycles. The van der Waals surface area contributed by atoms with Crippen molar-refractivity contribution >= 4 is 21.6 Å². The molecule has 4 nitrogen and oxygen atoms in total. The molecule has 1 aromatic carbocycles. The van der Waals surface area contributed by atoms with E-state index in [9.17, 15) is 8.42 Å². The number of hydrogen-bond donors (Lipinski definition) is 0. The van der Waals surface area contributed by atoms with Crippen molar-refractivity contribution in [2.24, 2.45) is 0 Å². The quantitative estimate of drug-likeness (QED) is 0.871. The van der Waals surface area contributed by atoms with Crippen LogP contribution < -0.4 is 0 Å². The van der Waals surface area contributed by atoms with Crippen LogP contribution in [0.4, 0.5) is 0 Å². The standard InChI is InChI=1S/C12H13ClN2O2S/c1-3-12-14-6-7-15(12)18(16,17)10-4-5-11(13)9(2)8-10/h4-8H,3H2,1-2H3. The lowest BCUT2D eigenvalue weighted by molar-refractivity contribution is 0.584. The smallest absolute Gasteiger partial charge is 0.241 e. The fraction of sp³-hybridized carbons (Fsp3) is 0.250. The molecule has 0 N–H and O–H groups in total. The Labute approximate surface area is 111 Å². The van der Waals surface area contributed by atoms with Gasteiger partial charge in [0.25, 0.3) is 10.0 Å². The molecule has 0 aliphatic rings. The molecule has 0 bridgehead atoms. The van der Waals surface area contributed by atoms with Gasteiger partial charge in [0, 0.05) is 23.8 Å². The van der Waals surface area contributed by atoms with E-state index in [2.05, 4.69) is 4.98 Å². The minimum Gasteiger partial charge on any atom is -0.241 e. The monoisotopic (exact) mass is 284 g/mol. The van der Waals surface area contributed by atoms with Gasteiger partial charge in [-0.15, -0.1) is 0 Å². The number of nitrogens with zero attached hydrogens (tertiary/aromatic N) is 2. The zero-order valence-electron chi connectivity index (χ0n) is 10.1. The molecule has 0 radical (unpaired) electrons. The molecular weight excluding hydrogens is 272 g/mol. The Balaban J connectivity index is 2.58. The van der Waals surface area contributed by atoms with Crippen LogP contribution >= 0.6 is 11.6 Å². The minimum atomic E-state index is -3.58. The Hall–Kier alpha value is -1.33. The maximum atomic E-state index is 12.4. The van der Waals surface area contributed by atoms with Crippen LogP contribution in [0, 0.1) is 6.92 Å². The summed E-state index contributed by atoms with van der Waals surface area (Å²) in [6.45, 7) is 3.64. The predicted molar refractivity (Wildman–Crippen MR) is 70.4 cm³/mol. The summed E-state index contributed by atoms with van der Waals surface area (Å²) in [5.41, 5.74) is 0.732. The van der Waals surface area contributed by atoms with Crippen molar-refractivity contribution in [3.63, 3.8) is 0 Å². The van der Waals surface area contributed by atoms with E-state index in [0.717, 1.165) is 5.56 Å². The van der Waals surface area contributed by atoms with Gasteiger partial charge in [-0.2, -0.15) is 0 Å². The zero-order valence-corrected chi connectivity index (χ0v) is 11.7. The van der Waals surface area contributed by atoms with Crippen molar-refractivity contribution in [3.05, 3.63) is 47.0 Å². The molecule has 96 valence electrons. The van der Waals surface area contributed by atoms with Crippen molar-refractivity contribution in [1.29, 1.82) is 0 Å². The summed E-state index contributed by atoms with van der Waals surface area (Å²) in [6.07, 6.45) is 3.50. The Morgan fingerprint density at radius 2 is 2.11 bits per heavy atom. The van der Waals surface area contributed by atoms with Crippen LogP contribution in [0.25, 0.3) is 0 Å². The van der Waals surface area contributed by atoms with Crippen LogP contribution in [0.5, 0.6) is 0 Å². The van der Waals surface area contributed by atoms with E-state index in [4.69, 9.17) is 11.6 Å². The Morgan fingerprint density at radius 3 is 2.72 bits per heavy atom. The van der Waals surface area contributed by atoms with Crippen LogP contribution in [-0.2, 0) is 16.4 Å². The number of hydrogen-bond acceptors (Lipinski definition) is 3. The van der Waals surface area contributed by atoms with Crippen molar-refractivity contribution in [2.75, 3.05) is 0 Å². The largest absolute Gasteiger partial charge is 0.269 e. The summed E-state index contributed by atoms with van der Waals surface area (Å²) in [5.74, 6) is 0.516. The molecule has 1 aromatic heterocycles. The molecule has 0 atom stereocenters. The molecule has 0 spiro atoms. The third-order valence-corrected chi connectivity index (χ3v) is 4.81. The van der Waals surface area contributed by atoms with Gasteiger partial charge in [0.1, 0.15) is 5.82 Å². The van der Waals surface area contributed by atoms with Gasteiger partial charge in [0.2, 0.25) is 0 Å². The van der Waals surface area contributed by atoms with Gasteiger partial charge >= 0.3 is 0 Å². The highest BCUT2D eigenvalue weighted by Crippen LogP contribution is 2.22. The molecular formula is C12H13ClN2O2S. The highest BCUT2D eigenvalue weighted by Gasteiger charge is 2.19. The number of halogens is 1. The number of aromatic nitrogens is 2. The molecule has 0 aliphatic carbocycles. The first kappa shape index (κ1) is 13.1.